The van der Waals surface area contributed by atoms with Crippen LogP contribution in [0.3, 0.4) is 0 Å². The third kappa shape index (κ3) is 8.99. The number of hydrogen-bond donors (Lipinski definition) is 0. The highest BCUT2D eigenvalue weighted by atomic mass is 31.2. The van der Waals surface area contributed by atoms with Gasteiger partial charge in [0.1, 0.15) is 0 Å². The number of hydrogen-bond acceptors (Lipinski definition) is 6. The van der Waals surface area contributed by atoms with Gasteiger partial charge in [0.2, 0.25) is 0 Å². The van der Waals surface area contributed by atoms with Crippen molar-refractivity contribution in [1.29, 1.82) is 0 Å². The van der Waals surface area contributed by atoms with E-state index in [2.05, 4.69) is 0 Å². The van der Waals surface area contributed by atoms with Gasteiger partial charge in [-0.05, 0) is 47.0 Å². The molecule has 0 N–H and O–H groups in total. The van der Waals surface area contributed by atoms with Gasteiger partial charge in [-0.25, -0.2) is 0 Å². The van der Waals surface area contributed by atoms with Crippen LogP contribution >= 0.6 is 15.2 Å². The lowest BCUT2D eigenvalue weighted by molar-refractivity contribution is 0.209. The van der Waals surface area contributed by atoms with E-state index in [1.807, 2.05) is 41.5 Å². The van der Waals surface area contributed by atoms with Gasteiger partial charge in [0.15, 0.2) is 0 Å². The van der Waals surface area contributed by atoms with E-state index in [4.69, 9.17) is 18.1 Å². The lowest BCUT2D eigenvalue weighted by Crippen LogP contribution is -2.13. The predicted octanol–water partition coefficient (Wildman–Crippen LogP) is 6.64. The van der Waals surface area contributed by atoms with E-state index in [0.717, 1.165) is 38.5 Å². The molecule has 0 bridgehead atoms. The first-order valence-electron chi connectivity index (χ1n) is 10.1. The number of unbranched alkanes of at least 4 members (excludes halogenated alkanes) is 2. The van der Waals surface area contributed by atoms with Gasteiger partial charge >= 0.3 is 15.2 Å². The summed E-state index contributed by atoms with van der Waals surface area (Å²) in [6.45, 7) is 12.9. The summed E-state index contributed by atoms with van der Waals surface area (Å²) in [5, 5.41) is 0. The van der Waals surface area contributed by atoms with Gasteiger partial charge in [0.25, 0.3) is 0 Å². The number of rotatable bonds is 17. The topological polar surface area (TPSA) is 71.1 Å². The summed E-state index contributed by atoms with van der Waals surface area (Å²) < 4.78 is 47.3. The Balaban J connectivity index is 4.42. The molecule has 26 heavy (non-hydrogen) atoms. The van der Waals surface area contributed by atoms with Crippen molar-refractivity contribution in [2.45, 2.75) is 91.4 Å². The maximum atomic E-state index is 12.9. The van der Waals surface area contributed by atoms with E-state index in [1.54, 1.807) is 0 Å². The Bertz CT molecular complexity index is 423. The zero-order valence-electron chi connectivity index (χ0n) is 17.6. The first kappa shape index (κ1) is 26.3. The molecule has 0 aromatic rings. The van der Waals surface area contributed by atoms with Gasteiger partial charge in [-0.2, -0.15) is 0 Å². The summed E-state index contributed by atoms with van der Waals surface area (Å²) in [5.74, 6) is 0. The maximum absolute atomic E-state index is 12.9. The second-order valence-corrected chi connectivity index (χ2v) is 11.1. The first-order valence-corrected chi connectivity index (χ1v) is 13.3. The highest BCUT2D eigenvalue weighted by molar-refractivity contribution is 7.54. The van der Waals surface area contributed by atoms with E-state index in [1.165, 1.54) is 0 Å². The fraction of sp³-hybridized carbons (Fsp3) is 1.00. The van der Waals surface area contributed by atoms with Gasteiger partial charge < -0.3 is 18.1 Å². The standard InChI is InChI=1S/C18H40O6P2/c1-7-18(26(20,23-10-4)24-11-5)16-14-12-13-15-17(6)25(19,21-8-2)22-9-3/h17-18H,7-16H2,1-6H3. The van der Waals surface area contributed by atoms with Crippen molar-refractivity contribution in [3.63, 3.8) is 0 Å². The molecule has 0 aliphatic heterocycles. The maximum Gasteiger partial charge on any atom is 0.333 e. The SMILES string of the molecule is CCOP(=O)(OCC)C(C)CCCCCC(CC)P(=O)(OCC)OCC. The molecule has 0 aliphatic rings. The molecular formula is C18H40O6P2. The van der Waals surface area contributed by atoms with E-state index < -0.39 is 15.2 Å². The molecular weight excluding hydrogens is 374 g/mol. The molecule has 0 saturated heterocycles. The predicted molar refractivity (Wildman–Crippen MR) is 108 cm³/mol. The molecule has 0 fully saturated rings. The smallest absolute Gasteiger partial charge is 0.309 e. The monoisotopic (exact) mass is 414 g/mol. The van der Waals surface area contributed by atoms with Crippen LogP contribution in [0, 0.1) is 0 Å². The molecule has 158 valence electrons. The molecule has 0 saturated carbocycles. The van der Waals surface area contributed by atoms with Gasteiger partial charge in [0, 0.05) is 0 Å². The Morgan fingerprint density at radius 2 is 1.08 bits per heavy atom. The normalized spacial score (nSPS) is 15.2. The van der Waals surface area contributed by atoms with Gasteiger partial charge in [-0.3, -0.25) is 9.13 Å². The average molecular weight is 414 g/mol. The Morgan fingerprint density at radius 1 is 0.654 bits per heavy atom. The molecule has 0 radical (unpaired) electrons. The minimum Gasteiger partial charge on any atom is -0.309 e. The van der Waals surface area contributed by atoms with Crippen molar-refractivity contribution in [3.05, 3.63) is 0 Å². The zero-order valence-corrected chi connectivity index (χ0v) is 19.4. The Morgan fingerprint density at radius 3 is 1.50 bits per heavy atom. The molecule has 8 heteroatoms. The third-order valence-electron chi connectivity index (χ3n) is 4.35. The van der Waals surface area contributed by atoms with E-state index in [9.17, 15) is 9.13 Å². The summed E-state index contributed by atoms with van der Waals surface area (Å²) in [5.41, 5.74) is -0.167. The summed E-state index contributed by atoms with van der Waals surface area (Å²) in [6, 6.07) is 0. The second-order valence-electron chi connectivity index (χ2n) is 6.30. The minimum absolute atomic E-state index is 0.0576. The molecule has 0 spiro atoms. The molecule has 6 nitrogen and oxygen atoms in total. The lowest BCUT2D eigenvalue weighted by Gasteiger charge is -2.25. The fourth-order valence-corrected chi connectivity index (χ4v) is 6.96. The Labute approximate surface area is 160 Å². The molecule has 0 rings (SSSR count). The lowest BCUT2D eigenvalue weighted by atomic mass is 10.1. The molecule has 0 heterocycles. The summed E-state index contributed by atoms with van der Waals surface area (Å²) in [4.78, 5) is 0. The van der Waals surface area contributed by atoms with Crippen LogP contribution in [0.25, 0.3) is 0 Å². The summed E-state index contributed by atoms with van der Waals surface area (Å²) in [6.07, 6.45) is 5.26. The summed E-state index contributed by atoms with van der Waals surface area (Å²) >= 11 is 0. The largest absolute Gasteiger partial charge is 0.333 e. The van der Waals surface area contributed by atoms with Crippen LogP contribution < -0.4 is 0 Å². The quantitative estimate of drug-likeness (QED) is 0.196. The van der Waals surface area contributed by atoms with Crippen molar-refractivity contribution < 1.29 is 27.2 Å². The Kier molecular flexibility index (Phi) is 14.5. The van der Waals surface area contributed by atoms with Crippen molar-refractivity contribution in [2.24, 2.45) is 0 Å². The second kappa shape index (κ2) is 14.3. The van der Waals surface area contributed by atoms with E-state index >= 15 is 0 Å². The van der Waals surface area contributed by atoms with Crippen molar-refractivity contribution >= 4 is 15.2 Å². The molecule has 2 atom stereocenters. The zero-order chi connectivity index (χ0) is 20.1. The van der Waals surface area contributed by atoms with Gasteiger partial charge in [0.05, 0.1) is 37.7 Å². The van der Waals surface area contributed by atoms with Gasteiger partial charge in [-0.1, -0.05) is 33.1 Å². The molecule has 0 aromatic heterocycles. The van der Waals surface area contributed by atoms with Crippen LogP contribution in [0.5, 0.6) is 0 Å². The van der Waals surface area contributed by atoms with Crippen molar-refractivity contribution in [3.8, 4) is 0 Å². The van der Waals surface area contributed by atoms with Gasteiger partial charge in [-0.15, -0.1) is 0 Å². The van der Waals surface area contributed by atoms with Crippen molar-refractivity contribution in [1.82, 2.24) is 0 Å². The van der Waals surface area contributed by atoms with Crippen LogP contribution in [0.15, 0.2) is 0 Å². The highest BCUT2D eigenvalue weighted by Gasteiger charge is 2.34. The average Bonchev–Trinajstić information content (AvgIpc) is 2.58. The van der Waals surface area contributed by atoms with E-state index in [0.29, 0.717) is 26.4 Å². The minimum atomic E-state index is -3.03. The molecule has 2 unspecified atom stereocenters. The van der Waals surface area contributed by atoms with Crippen LogP contribution in [0.1, 0.15) is 80.1 Å². The molecule has 0 amide bonds. The van der Waals surface area contributed by atoms with Crippen LogP contribution in [-0.4, -0.2) is 37.7 Å². The van der Waals surface area contributed by atoms with Crippen LogP contribution in [0.2, 0.25) is 0 Å². The molecule has 0 aliphatic carbocycles. The summed E-state index contributed by atoms with van der Waals surface area (Å²) in [7, 11) is -6.04. The Hall–Kier alpha value is 0.300. The highest BCUT2D eigenvalue weighted by Crippen LogP contribution is 2.56. The van der Waals surface area contributed by atoms with Crippen LogP contribution in [0.4, 0.5) is 0 Å². The first-order chi connectivity index (χ1) is 12.3. The van der Waals surface area contributed by atoms with E-state index in [-0.39, 0.29) is 11.3 Å². The fourth-order valence-electron chi connectivity index (χ4n) is 3.00. The van der Waals surface area contributed by atoms with Crippen LogP contribution in [-0.2, 0) is 27.2 Å². The molecule has 0 aromatic carbocycles. The third-order valence-corrected chi connectivity index (χ3v) is 9.68. The van der Waals surface area contributed by atoms with Crippen molar-refractivity contribution in [2.75, 3.05) is 26.4 Å².